The lowest BCUT2D eigenvalue weighted by Gasteiger charge is -2.27. The first-order chi connectivity index (χ1) is 7.67. The Labute approximate surface area is 97.8 Å². The molecule has 0 saturated heterocycles. The predicted molar refractivity (Wildman–Crippen MR) is 63.3 cm³/mol. The van der Waals surface area contributed by atoms with Crippen LogP contribution in [0.25, 0.3) is 0 Å². The van der Waals surface area contributed by atoms with Crippen LogP contribution in [0.3, 0.4) is 0 Å². The normalized spacial score (nSPS) is 12.8. The molecule has 0 aromatic rings. The Bertz CT molecular complexity index is 188. The van der Waals surface area contributed by atoms with E-state index >= 15 is 0 Å². The van der Waals surface area contributed by atoms with Gasteiger partial charge in [0.1, 0.15) is 0 Å². The third kappa shape index (κ3) is 6.05. The SMILES string of the molecule is CCCNC(=O)C(C)N(CCO)CCOC. The van der Waals surface area contributed by atoms with Crippen molar-refractivity contribution in [3.8, 4) is 0 Å². The van der Waals surface area contributed by atoms with E-state index in [2.05, 4.69) is 5.32 Å². The number of methoxy groups -OCH3 is 1. The smallest absolute Gasteiger partial charge is 0.237 e. The van der Waals surface area contributed by atoms with Gasteiger partial charge >= 0.3 is 0 Å². The molecule has 16 heavy (non-hydrogen) atoms. The number of hydrogen-bond donors (Lipinski definition) is 2. The van der Waals surface area contributed by atoms with E-state index < -0.39 is 0 Å². The highest BCUT2D eigenvalue weighted by molar-refractivity contribution is 5.81. The molecule has 0 fully saturated rings. The lowest BCUT2D eigenvalue weighted by atomic mass is 10.2. The molecule has 0 aliphatic carbocycles. The van der Waals surface area contributed by atoms with E-state index in [1.807, 2.05) is 18.7 Å². The zero-order chi connectivity index (χ0) is 12.4. The Balaban J connectivity index is 4.12. The molecule has 0 aliphatic rings. The van der Waals surface area contributed by atoms with Gasteiger partial charge in [-0.05, 0) is 13.3 Å². The van der Waals surface area contributed by atoms with Crippen molar-refractivity contribution in [2.45, 2.75) is 26.3 Å². The summed E-state index contributed by atoms with van der Waals surface area (Å²) in [6, 6.07) is -0.228. The summed E-state index contributed by atoms with van der Waals surface area (Å²) in [5.41, 5.74) is 0. The average Bonchev–Trinajstić information content (AvgIpc) is 2.30. The highest BCUT2D eigenvalue weighted by atomic mass is 16.5. The van der Waals surface area contributed by atoms with Crippen molar-refractivity contribution in [2.24, 2.45) is 0 Å². The average molecular weight is 232 g/mol. The fourth-order valence-corrected chi connectivity index (χ4v) is 1.40. The molecule has 0 aromatic carbocycles. The van der Waals surface area contributed by atoms with Crippen molar-refractivity contribution in [2.75, 3.05) is 40.0 Å². The van der Waals surface area contributed by atoms with Gasteiger partial charge < -0.3 is 15.2 Å². The van der Waals surface area contributed by atoms with Crippen LogP contribution in [0.4, 0.5) is 0 Å². The van der Waals surface area contributed by atoms with Crippen LogP contribution in [-0.4, -0.2) is 61.9 Å². The Morgan fingerprint density at radius 2 is 2.19 bits per heavy atom. The summed E-state index contributed by atoms with van der Waals surface area (Å²) >= 11 is 0. The highest BCUT2D eigenvalue weighted by Gasteiger charge is 2.19. The van der Waals surface area contributed by atoms with E-state index in [1.54, 1.807) is 7.11 Å². The van der Waals surface area contributed by atoms with Crippen LogP contribution < -0.4 is 5.32 Å². The number of aliphatic hydroxyl groups excluding tert-OH is 1. The van der Waals surface area contributed by atoms with Gasteiger partial charge in [0.2, 0.25) is 5.91 Å². The maximum atomic E-state index is 11.7. The number of amides is 1. The summed E-state index contributed by atoms with van der Waals surface area (Å²) in [5.74, 6) is 0.00593. The van der Waals surface area contributed by atoms with E-state index in [-0.39, 0.29) is 18.6 Å². The third-order valence-electron chi connectivity index (χ3n) is 2.45. The summed E-state index contributed by atoms with van der Waals surface area (Å²) in [6.07, 6.45) is 0.927. The summed E-state index contributed by atoms with van der Waals surface area (Å²) in [7, 11) is 1.62. The second-order valence-electron chi connectivity index (χ2n) is 3.72. The molecule has 1 unspecified atom stereocenters. The van der Waals surface area contributed by atoms with Crippen molar-refractivity contribution in [1.29, 1.82) is 0 Å². The number of carbonyl (C=O) groups excluding carboxylic acids is 1. The van der Waals surface area contributed by atoms with E-state index in [1.165, 1.54) is 0 Å². The predicted octanol–water partition coefficient (Wildman–Crippen LogP) is -0.158. The molecule has 0 heterocycles. The zero-order valence-electron chi connectivity index (χ0n) is 10.5. The minimum absolute atomic E-state index is 0.00593. The molecule has 0 bridgehead atoms. The van der Waals surface area contributed by atoms with Crippen LogP contribution in [0.1, 0.15) is 20.3 Å². The van der Waals surface area contributed by atoms with Crippen molar-refractivity contribution in [1.82, 2.24) is 10.2 Å². The van der Waals surface area contributed by atoms with Gasteiger partial charge in [-0.2, -0.15) is 0 Å². The summed E-state index contributed by atoms with van der Waals surface area (Å²) in [5, 5.41) is 11.8. The maximum absolute atomic E-state index is 11.7. The molecule has 0 rings (SSSR count). The fourth-order valence-electron chi connectivity index (χ4n) is 1.40. The number of nitrogens with zero attached hydrogens (tertiary/aromatic N) is 1. The molecule has 1 atom stereocenters. The molecule has 2 N–H and O–H groups in total. The van der Waals surface area contributed by atoms with Crippen molar-refractivity contribution >= 4 is 5.91 Å². The molecular formula is C11H24N2O3. The molecule has 0 aliphatic heterocycles. The van der Waals surface area contributed by atoms with Crippen molar-refractivity contribution in [3.63, 3.8) is 0 Å². The molecule has 96 valence electrons. The molecule has 0 aromatic heterocycles. The second kappa shape index (κ2) is 9.57. The van der Waals surface area contributed by atoms with Gasteiger partial charge in [-0.3, -0.25) is 9.69 Å². The number of nitrogens with one attached hydrogen (secondary N) is 1. The Morgan fingerprint density at radius 3 is 2.69 bits per heavy atom. The van der Waals surface area contributed by atoms with Crippen LogP contribution in [0.15, 0.2) is 0 Å². The molecule has 0 spiro atoms. The summed E-state index contributed by atoms with van der Waals surface area (Å²) in [6.45, 7) is 6.31. The molecular weight excluding hydrogens is 208 g/mol. The minimum Gasteiger partial charge on any atom is -0.395 e. The van der Waals surface area contributed by atoms with Gasteiger partial charge in [0, 0.05) is 26.7 Å². The van der Waals surface area contributed by atoms with Gasteiger partial charge in [0.25, 0.3) is 0 Å². The van der Waals surface area contributed by atoms with Gasteiger partial charge in [0.15, 0.2) is 0 Å². The first-order valence-electron chi connectivity index (χ1n) is 5.78. The zero-order valence-corrected chi connectivity index (χ0v) is 10.5. The van der Waals surface area contributed by atoms with E-state index in [4.69, 9.17) is 9.84 Å². The summed E-state index contributed by atoms with van der Waals surface area (Å²) < 4.78 is 4.97. The lowest BCUT2D eigenvalue weighted by molar-refractivity contribution is -0.126. The standard InChI is InChI=1S/C11H24N2O3/c1-4-5-12-11(15)10(2)13(6-8-14)7-9-16-3/h10,14H,4-9H2,1-3H3,(H,12,15). The highest BCUT2D eigenvalue weighted by Crippen LogP contribution is 1.99. The van der Waals surface area contributed by atoms with Gasteiger partial charge in [-0.15, -0.1) is 0 Å². The number of ether oxygens (including phenoxy) is 1. The van der Waals surface area contributed by atoms with Gasteiger partial charge in [0.05, 0.1) is 19.3 Å². The van der Waals surface area contributed by atoms with Crippen LogP contribution in [0, 0.1) is 0 Å². The topological polar surface area (TPSA) is 61.8 Å². The van der Waals surface area contributed by atoms with Crippen LogP contribution in [0.2, 0.25) is 0 Å². The number of hydrogen-bond acceptors (Lipinski definition) is 4. The Morgan fingerprint density at radius 1 is 1.50 bits per heavy atom. The van der Waals surface area contributed by atoms with Gasteiger partial charge in [-0.1, -0.05) is 6.92 Å². The first-order valence-corrected chi connectivity index (χ1v) is 5.78. The Hall–Kier alpha value is -0.650. The minimum atomic E-state index is -0.228. The molecule has 5 nitrogen and oxygen atoms in total. The lowest BCUT2D eigenvalue weighted by Crippen LogP contribution is -2.47. The largest absolute Gasteiger partial charge is 0.395 e. The van der Waals surface area contributed by atoms with Crippen molar-refractivity contribution < 1.29 is 14.6 Å². The quantitative estimate of drug-likeness (QED) is 0.580. The molecule has 1 amide bonds. The van der Waals surface area contributed by atoms with Gasteiger partial charge in [-0.25, -0.2) is 0 Å². The maximum Gasteiger partial charge on any atom is 0.237 e. The van der Waals surface area contributed by atoms with E-state index in [9.17, 15) is 4.79 Å². The Kier molecular flexibility index (Phi) is 9.18. The molecule has 0 radical (unpaired) electrons. The number of aliphatic hydroxyl groups is 1. The summed E-state index contributed by atoms with van der Waals surface area (Å²) in [4.78, 5) is 13.6. The van der Waals surface area contributed by atoms with Crippen LogP contribution in [0.5, 0.6) is 0 Å². The number of rotatable bonds is 9. The van der Waals surface area contributed by atoms with E-state index in [0.717, 1.165) is 6.42 Å². The van der Waals surface area contributed by atoms with Crippen LogP contribution in [-0.2, 0) is 9.53 Å². The fraction of sp³-hybridized carbons (Fsp3) is 0.909. The number of carbonyl (C=O) groups is 1. The van der Waals surface area contributed by atoms with E-state index in [0.29, 0.717) is 26.2 Å². The molecule has 0 saturated carbocycles. The van der Waals surface area contributed by atoms with Crippen LogP contribution >= 0.6 is 0 Å². The third-order valence-corrected chi connectivity index (χ3v) is 2.45. The molecule has 5 heteroatoms. The first kappa shape index (κ1) is 15.3. The van der Waals surface area contributed by atoms with Crippen molar-refractivity contribution in [3.05, 3.63) is 0 Å². The monoisotopic (exact) mass is 232 g/mol. The second-order valence-corrected chi connectivity index (χ2v) is 3.72.